The number of nitrogens with zero attached hydrogens (tertiary/aromatic N) is 3. The molecule has 1 rings (SSSR count). The number of azide groups is 1. The maximum Gasteiger partial charge on any atom is 0.226 e. The first-order valence-corrected chi connectivity index (χ1v) is 4.54. The van der Waals surface area contributed by atoms with Gasteiger partial charge in [-0.25, -0.2) is 0 Å². The second kappa shape index (κ2) is 4.14. The highest BCUT2D eigenvalue weighted by Crippen LogP contribution is 2.32. The summed E-state index contributed by atoms with van der Waals surface area (Å²) in [6.45, 7) is 3.03. The first kappa shape index (κ1) is 9.86. The van der Waals surface area contributed by atoms with Crippen molar-refractivity contribution in [2.45, 2.75) is 26.2 Å². The van der Waals surface area contributed by atoms with Crippen molar-refractivity contribution in [2.24, 2.45) is 10.5 Å². The van der Waals surface area contributed by atoms with Gasteiger partial charge in [0.2, 0.25) is 5.91 Å². The molecule has 0 aliphatic carbocycles. The Kier molecular flexibility index (Phi) is 3.14. The minimum atomic E-state index is -0.416. The Hall–Kier alpha value is -1.22. The van der Waals surface area contributed by atoms with Gasteiger partial charge in [0.25, 0.3) is 0 Å². The molecule has 13 heavy (non-hydrogen) atoms. The van der Waals surface area contributed by atoms with Crippen LogP contribution >= 0.6 is 0 Å². The van der Waals surface area contributed by atoms with Crippen molar-refractivity contribution in [3.05, 3.63) is 10.4 Å². The fraction of sp³-hybridized carbons (Fsp3) is 0.875. The third-order valence-corrected chi connectivity index (χ3v) is 2.54. The minimum absolute atomic E-state index is 0.0433. The van der Waals surface area contributed by atoms with Gasteiger partial charge in [-0.15, -0.1) is 0 Å². The second-order valence-corrected chi connectivity index (χ2v) is 3.43. The molecule has 1 atom stereocenters. The second-order valence-electron chi connectivity index (χ2n) is 3.43. The van der Waals surface area contributed by atoms with Crippen LogP contribution in [0.2, 0.25) is 0 Å². The average Bonchev–Trinajstić information content (AvgIpc) is 2.46. The fourth-order valence-corrected chi connectivity index (χ4v) is 1.83. The summed E-state index contributed by atoms with van der Waals surface area (Å²) in [4.78, 5) is 14.2. The zero-order valence-corrected chi connectivity index (χ0v) is 7.79. The van der Waals surface area contributed by atoms with Gasteiger partial charge in [-0.2, -0.15) is 0 Å². The third-order valence-electron chi connectivity index (χ3n) is 2.54. The molecule has 0 aromatic rings. The molecule has 5 nitrogen and oxygen atoms in total. The molecule has 0 aromatic carbocycles. The van der Waals surface area contributed by atoms with Gasteiger partial charge in [-0.3, -0.25) is 4.79 Å². The van der Waals surface area contributed by atoms with E-state index in [0.29, 0.717) is 13.1 Å². The van der Waals surface area contributed by atoms with Crippen LogP contribution in [-0.2, 0) is 4.79 Å². The highest BCUT2D eigenvalue weighted by molar-refractivity contribution is 5.84. The molecule has 1 N–H and O–H groups in total. The lowest BCUT2D eigenvalue weighted by Gasteiger charge is -2.22. The van der Waals surface area contributed by atoms with Crippen LogP contribution in [0, 0.1) is 5.41 Å². The number of hydrogen-bond acceptors (Lipinski definition) is 2. The molecule has 0 radical (unpaired) electrons. The van der Waals surface area contributed by atoms with Crippen LogP contribution in [0.4, 0.5) is 0 Å². The lowest BCUT2D eigenvalue weighted by Crippen LogP contribution is -2.33. The first-order valence-electron chi connectivity index (χ1n) is 4.54. The lowest BCUT2D eigenvalue weighted by molar-refractivity contribution is -0.127. The molecule has 0 bridgehead atoms. The van der Waals surface area contributed by atoms with Crippen molar-refractivity contribution in [1.29, 1.82) is 0 Å². The molecule has 72 valence electrons. The number of carbonyl (C=O) groups excluding carboxylic acids is 1. The molecule has 1 heterocycles. The highest BCUT2D eigenvalue weighted by Gasteiger charge is 2.40. The van der Waals surface area contributed by atoms with E-state index in [0.717, 1.165) is 19.3 Å². The van der Waals surface area contributed by atoms with E-state index in [1.54, 1.807) is 0 Å². The Morgan fingerprint density at radius 2 is 2.54 bits per heavy atom. The first-order chi connectivity index (χ1) is 6.25. The Morgan fingerprint density at radius 3 is 3.00 bits per heavy atom. The zero-order valence-electron chi connectivity index (χ0n) is 7.79. The van der Waals surface area contributed by atoms with Crippen LogP contribution in [0.1, 0.15) is 26.2 Å². The molecule has 0 aromatic heterocycles. The monoisotopic (exact) mass is 182 g/mol. The maximum atomic E-state index is 11.5. The summed E-state index contributed by atoms with van der Waals surface area (Å²) < 4.78 is 0. The molecule has 1 amide bonds. The molecule has 1 saturated heterocycles. The summed E-state index contributed by atoms with van der Waals surface area (Å²) in [5.74, 6) is 0.0433. The predicted molar refractivity (Wildman–Crippen MR) is 49.0 cm³/mol. The summed E-state index contributed by atoms with van der Waals surface area (Å²) in [7, 11) is 0. The van der Waals surface area contributed by atoms with Gasteiger partial charge in [0, 0.05) is 18.0 Å². The number of carbonyl (C=O) groups is 1. The summed E-state index contributed by atoms with van der Waals surface area (Å²) in [5, 5.41) is 6.30. The van der Waals surface area contributed by atoms with E-state index in [4.69, 9.17) is 5.53 Å². The summed E-state index contributed by atoms with van der Waals surface area (Å²) in [6, 6.07) is 0. The normalized spacial score (nSPS) is 26.7. The average molecular weight is 182 g/mol. The largest absolute Gasteiger partial charge is 0.356 e. The highest BCUT2D eigenvalue weighted by atomic mass is 16.2. The molecule has 0 unspecified atom stereocenters. The van der Waals surface area contributed by atoms with Crippen LogP contribution in [0.25, 0.3) is 10.4 Å². The van der Waals surface area contributed by atoms with E-state index in [1.807, 2.05) is 6.92 Å². The topological polar surface area (TPSA) is 77.9 Å². The van der Waals surface area contributed by atoms with Crippen molar-refractivity contribution in [2.75, 3.05) is 13.1 Å². The van der Waals surface area contributed by atoms with Crippen molar-refractivity contribution < 1.29 is 4.79 Å². The van der Waals surface area contributed by atoms with Gasteiger partial charge >= 0.3 is 0 Å². The van der Waals surface area contributed by atoms with Crippen molar-refractivity contribution in [3.8, 4) is 0 Å². The van der Waals surface area contributed by atoms with Gasteiger partial charge in [-0.05, 0) is 18.4 Å². The van der Waals surface area contributed by atoms with Crippen LogP contribution in [0.5, 0.6) is 0 Å². The van der Waals surface area contributed by atoms with E-state index in [-0.39, 0.29) is 5.91 Å². The summed E-state index contributed by atoms with van der Waals surface area (Å²) >= 11 is 0. The number of amides is 1. The van der Waals surface area contributed by atoms with E-state index >= 15 is 0 Å². The predicted octanol–water partition coefficient (Wildman–Crippen LogP) is 1.60. The van der Waals surface area contributed by atoms with E-state index in [1.165, 1.54) is 0 Å². The van der Waals surface area contributed by atoms with Crippen molar-refractivity contribution in [1.82, 2.24) is 5.32 Å². The summed E-state index contributed by atoms with van der Waals surface area (Å²) in [5.41, 5.74) is 7.81. The van der Waals surface area contributed by atoms with Crippen molar-refractivity contribution in [3.63, 3.8) is 0 Å². The Morgan fingerprint density at radius 1 is 1.77 bits per heavy atom. The van der Waals surface area contributed by atoms with E-state index < -0.39 is 5.41 Å². The molecule has 5 heteroatoms. The molecular weight excluding hydrogens is 168 g/mol. The van der Waals surface area contributed by atoms with E-state index in [2.05, 4.69) is 15.3 Å². The molecule has 1 aliphatic rings. The van der Waals surface area contributed by atoms with Gasteiger partial charge in [-0.1, -0.05) is 18.5 Å². The van der Waals surface area contributed by atoms with Gasteiger partial charge in [0.1, 0.15) is 0 Å². The maximum absolute atomic E-state index is 11.5. The SMILES string of the molecule is CCC[C@@]1(CN=[N+]=[N-])CCNC1=O. The molecule has 0 spiro atoms. The lowest BCUT2D eigenvalue weighted by atomic mass is 9.82. The molecule has 0 saturated carbocycles. The molecule has 1 aliphatic heterocycles. The molecular formula is C8H14N4O. The van der Waals surface area contributed by atoms with Gasteiger partial charge in [0.15, 0.2) is 0 Å². The number of rotatable bonds is 4. The smallest absolute Gasteiger partial charge is 0.226 e. The van der Waals surface area contributed by atoms with Crippen LogP contribution in [-0.4, -0.2) is 19.0 Å². The Balaban J connectivity index is 2.73. The van der Waals surface area contributed by atoms with E-state index in [9.17, 15) is 4.79 Å². The van der Waals surface area contributed by atoms with Crippen molar-refractivity contribution >= 4 is 5.91 Å². The zero-order chi connectivity index (χ0) is 9.73. The minimum Gasteiger partial charge on any atom is -0.356 e. The van der Waals surface area contributed by atoms with Gasteiger partial charge < -0.3 is 5.32 Å². The standard InChI is InChI=1S/C8H14N4O/c1-2-3-8(6-11-12-9)4-5-10-7(8)13/h2-6H2,1H3,(H,10,13)/t8-/m0/s1. The quantitative estimate of drug-likeness (QED) is 0.400. The summed E-state index contributed by atoms with van der Waals surface area (Å²) in [6.07, 6.45) is 2.53. The molecule has 1 fully saturated rings. The van der Waals surface area contributed by atoms with Crippen LogP contribution in [0.15, 0.2) is 5.11 Å². The fourth-order valence-electron chi connectivity index (χ4n) is 1.83. The number of hydrogen-bond donors (Lipinski definition) is 1. The number of nitrogens with one attached hydrogen (secondary N) is 1. The van der Waals surface area contributed by atoms with Crippen LogP contribution in [0.3, 0.4) is 0 Å². The van der Waals surface area contributed by atoms with Gasteiger partial charge in [0.05, 0.1) is 5.41 Å². The van der Waals surface area contributed by atoms with Crippen LogP contribution < -0.4 is 5.32 Å². The Labute approximate surface area is 77.1 Å². The Bertz CT molecular complexity index is 247. The third kappa shape index (κ3) is 1.92.